The van der Waals surface area contributed by atoms with Gasteiger partial charge in [-0.15, -0.1) is 0 Å². The van der Waals surface area contributed by atoms with Gasteiger partial charge in [-0.2, -0.15) is 13.1 Å². The SMILES string of the molecule is CNc1ccccc1C1OC(C)(C)OC1CNS(=O)(=O)OC. The Morgan fingerprint density at radius 1 is 1.27 bits per heavy atom. The number of para-hydroxylation sites is 1. The minimum Gasteiger partial charge on any atom is -0.388 e. The van der Waals surface area contributed by atoms with Gasteiger partial charge in [-0.25, -0.2) is 0 Å². The van der Waals surface area contributed by atoms with Gasteiger partial charge >= 0.3 is 10.3 Å². The van der Waals surface area contributed by atoms with E-state index in [0.717, 1.165) is 18.4 Å². The summed E-state index contributed by atoms with van der Waals surface area (Å²) < 4.78 is 41.4. The van der Waals surface area contributed by atoms with Crippen LogP contribution in [0.5, 0.6) is 0 Å². The third kappa shape index (κ3) is 3.96. The molecule has 8 heteroatoms. The van der Waals surface area contributed by atoms with Gasteiger partial charge in [-0.05, 0) is 19.9 Å². The number of benzene rings is 1. The molecule has 0 radical (unpaired) electrons. The first kappa shape index (κ1) is 17.2. The Morgan fingerprint density at radius 2 is 1.95 bits per heavy atom. The van der Waals surface area contributed by atoms with Gasteiger partial charge in [0, 0.05) is 24.8 Å². The van der Waals surface area contributed by atoms with E-state index in [2.05, 4.69) is 14.2 Å². The first-order valence-electron chi connectivity index (χ1n) is 6.95. The molecule has 1 saturated heterocycles. The van der Waals surface area contributed by atoms with Crippen LogP contribution >= 0.6 is 0 Å². The van der Waals surface area contributed by atoms with Crippen LogP contribution in [0.4, 0.5) is 5.69 Å². The molecule has 0 aliphatic carbocycles. The summed E-state index contributed by atoms with van der Waals surface area (Å²) in [6.45, 7) is 3.65. The molecule has 1 heterocycles. The van der Waals surface area contributed by atoms with Crippen LogP contribution in [-0.4, -0.2) is 41.0 Å². The second kappa shape index (κ2) is 6.51. The van der Waals surface area contributed by atoms with E-state index in [1.165, 1.54) is 0 Å². The fourth-order valence-corrected chi connectivity index (χ4v) is 2.95. The van der Waals surface area contributed by atoms with Crippen molar-refractivity contribution in [2.24, 2.45) is 0 Å². The second-order valence-electron chi connectivity index (χ2n) is 5.40. The quantitative estimate of drug-likeness (QED) is 0.820. The lowest BCUT2D eigenvalue weighted by Crippen LogP contribution is -2.35. The van der Waals surface area contributed by atoms with E-state index in [1.807, 2.05) is 31.3 Å². The number of rotatable bonds is 6. The summed E-state index contributed by atoms with van der Waals surface area (Å²) in [6, 6.07) is 7.68. The average Bonchev–Trinajstić information content (AvgIpc) is 2.80. The molecule has 0 amide bonds. The van der Waals surface area contributed by atoms with Crippen molar-refractivity contribution in [1.29, 1.82) is 0 Å². The van der Waals surface area contributed by atoms with Crippen LogP contribution in [0.1, 0.15) is 25.5 Å². The van der Waals surface area contributed by atoms with Crippen LogP contribution in [0, 0.1) is 0 Å². The molecule has 2 N–H and O–H groups in total. The highest BCUT2D eigenvalue weighted by Crippen LogP contribution is 2.40. The first-order chi connectivity index (χ1) is 10.3. The fraction of sp³-hybridized carbons (Fsp3) is 0.571. The number of hydrogen-bond donors (Lipinski definition) is 2. The van der Waals surface area contributed by atoms with Gasteiger partial charge < -0.3 is 14.8 Å². The minimum absolute atomic E-state index is 0.0579. The molecule has 0 spiro atoms. The maximum atomic E-state index is 11.4. The first-order valence-corrected chi connectivity index (χ1v) is 8.36. The highest BCUT2D eigenvalue weighted by Gasteiger charge is 2.43. The van der Waals surface area contributed by atoms with Crippen molar-refractivity contribution in [1.82, 2.24) is 4.72 Å². The van der Waals surface area contributed by atoms with Crippen LogP contribution in [0.2, 0.25) is 0 Å². The Balaban J connectivity index is 2.23. The monoisotopic (exact) mass is 330 g/mol. The zero-order chi connectivity index (χ0) is 16.4. The van der Waals surface area contributed by atoms with Crippen molar-refractivity contribution in [3.05, 3.63) is 29.8 Å². The molecule has 0 aromatic heterocycles. The van der Waals surface area contributed by atoms with Crippen LogP contribution in [0.15, 0.2) is 24.3 Å². The average molecular weight is 330 g/mol. The van der Waals surface area contributed by atoms with Crippen molar-refractivity contribution in [2.75, 3.05) is 26.0 Å². The molecule has 7 nitrogen and oxygen atoms in total. The van der Waals surface area contributed by atoms with E-state index in [1.54, 1.807) is 13.8 Å². The Hall–Kier alpha value is -1.19. The summed E-state index contributed by atoms with van der Waals surface area (Å²) in [6.07, 6.45) is -0.854. The molecule has 1 fully saturated rings. The molecule has 0 bridgehead atoms. The molecule has 1 aromatic carbocycles. The lowest BCUT2D eigenvalue weighted by molar-refractivity contribution is -0.146. The van der Waals surface area contributed by atoms with Crippen molar-refractivity contribution < 1.29 is 22.1 Å². The van der Waals surface area contributed by atoms with Crippen molar-refractivity contribution in [3.63, 3.8) is 0 Å². The Kier molecular flexibility index (Phi) is 5.08. The van der Waals surface area contributed by atoms with E-state index >= 15 is 0 Å². The zero-order valence-electron chi connectivity index (χ0n) is 13.1. The largest absolute Gasteiger partial charge is 0.388 e. The second-order valence-corrected chi connectivity index (χ2v) is 6.93. The molecule has 1 aliphatic rings. The van der Waals surface area contributed by atoms with E-state index < -0.39 is 28.3 Å². The van der Waals surface area contributed by atoms with Crippen LogP contribution in [0.25, 0.3) is 0 Å². The molecule has 2 rings (SSSR count). The highest BCUT2D eigenvalue weighted by molar-refractivity contribution is 7.84. The topological polar surface area (TPSA) is 85.9 Å². The van der Waals surface area contributed by atoms with Gasteiger partial charge in [-0.1, -0.05) is 18.2 Å². The van der Waals surface area contributed by atoms with Crippen LogP contribution in [-0.2, 0) is 24.0 Å². The molecule has 22 heavy (non-hydrogen) atoms. The molecule has 124 valence electrons. The summed E-state index contributed by atoms with van der Waals surface area (Å²) >= 11 is 0. The smallest absolute Gasteiger partial charge is 0.335 e. The minimum atomic E-state index is -3.77. The Bertz CT molecular complexity index is 617. The van der Waals surface area contributed by atoms with Gasteiger partial charge in [0.2, 0.25) is 0 Å². The predicted octanol–water partition coefficient (Wildman–Crippen LogP) is 1.40. The lowest BCUT2D eigenvalue weighted by Gasteiger charge is -2.20. The molecular weight excluding hydrogens is 308 g/mol. The van der Waals surface area contributed by atoms with Crippen LogP contribution in [0.3, 0.4) is 0 Å². The summed E-state index contributed by atoms with van der Waals surface area (Å²) in [4.78, 5) is 0. The Labute approximate surface area is 131 Å². The van der Waals surface area contributed by atoms with Gasteiger partial charge in [0.05, 0.1) is 7.11 Å². The van der Waals surface area contributed by atoms with Gasteiger partial charge in [-0.3, -0.25) is 4.18 Å². The van der Waals surface area contributed by atoms with Gasteiger partial charge in [0.1, 0.15) is 12.2 Å². The predicted molar refractivity (Wildman–Crippen MR) is 82.7 cm³/mol. The standard InChI is InChI=1S/C14H22N2O5S/c1-14(2)20-12(9-16-22(17,18)19-4)13(21-14)10-7-5-6-8-11(10)15-3/h5-8,12-13,15-16H,9H2,1-4H3. The van der Waals surface area contributed by atoms with E-state index in [0.29, 0.717) is 0 Å². The third-order valence-electron chi connectivity index (χ3n) is 3.40. The maximum absolute atomic E-state index is 11.4. The lowest BCUT2D eigenvalue weighted by atomic mass is 10.0. The van der Waals surface area contributed by atoms with Crippen molar-refractivity contribution >= 4 is 16.0 Å². The summed E-state index contributed by atoms with van der Waals surface area (Å²) in [5, 5.41) is 3.10. The van der Waals surface area contributed by atoms with Gasteiger partial charge in [0.15, 0.2) is 5.79 Å². The van der Waals surface area contributed by atoms with E-state index in [9.17, 15) is 8.42 Å². The normalized spacial score (nSPS) is 24.4. The summed E-state index contributed by atoms with van der Waals surface area (Å²) in [5.41, 5.74) is 1.82. The van der Waals surface area contributed by atoms with E-state index in [-0.39, 0.29) is 6.54 Å². The molecule has 1 aliphatic heterocycles. The number of anilines is 1. The molecule has 2 unspecified atom stereocenters. The number of ether oxygens (including phenoxy) is 2. The Morgan fingerprint density at radius 3 is 2.59 bits per heavy atom. The molecule has 1 aromatic rings. The number of nitrogens with one attached hydrogen (secondary N) is 2. The third-order valence-corrected chi connectivity index (χ3v) is 4.36. The summed E-state index contributed by atoms with van der Waals surface area (Å²) in [5.74, 6) is -0.797. The van der Waals surface area contributed by atoms with Crippen LogP contribution < -0.4 is 10.0 Å². The highest BCUT2D eigenvalue weighted by atomic mass is 32.2. The summed E-state index contributed by atoms with van der Waals surface area (Å²) in [7, 11) is -0.842. The van der Waals surface area contributed by atoms with E-state index in [4.69, 9.17) is 9.47 Å². The van der Waals surface area contributed by atoms with Crippen molar-refractivity contribution in [2.45, 2.75) is 31.8 Å². The maximum Gasteiger partial charge on any atom is 0.335 e. The number of hydrogen-bond acceptors (Lipinski definition) is 6. The fourth-order valence-electron chi connectivity index (χ4n) is 2.46. The van der Waals surface area contributed by atoms with Gasteiger partial charge in [0.25, 0.3) is 0 Å². The molecule has 2 atom stereocenters. The van der Waals surface area contributed by atoms with Crippen molar-refractivity contribution in [3.8, 4) is 0 Å². The molecule has 0 saturated carbocycles. The molecular formula is C14H22N2O5S. The zero-order valence-corrected chi connectivity index (χ0v) is 13.9.